The summed E-state index contributed by atoms with van der Waals surface area (Å²) in [5.74, 6) is -0.448. The second-order valence-corrected chi connectivity index (χ2v) is 4.87. The zero-order valence-electron chi connectivity index (χ0n) is 10.6. The van der Waals surface area contributed by atoms with E-state index in [0.717, 1.165) is 11.3 Å². The molecular weight excluding hydrogens is 280 g/mol. The number of carbonyl (C=O) groups is 1. The van der Waals surface area contributed by atoms with Crippen LogP contribution in [-0.2, 0) is 6.42 Å². The molecule has 0 spiro atoms. The van der Waals surface area contributed by atoms with Crippen LogP contribution in [0.5, 0.6) is 0 Å². The van der Waals surface area contributed by atoms with Crippen LogP contribution in [0.1, 0.15) is 23.0 Å². The van der Waals surface area contributed by atoms with Crippen molar-refractivity contribution in [2.45, 2.75) is 13.3 Å². The number of aryl methyl sites for hydroxylation is 1. The Bertz CT molecular complexity index is 668. The molecule has 0 aliphatic carbocycles. The Balaban J connectivity index is 2.23. The molecular formula is C12H12N4O3S. The van der Waals surface area contributed by atoms with E-state index in [2.05, 4.69) is 10.3 Å². The lowest BCUT2D eigenvalue weighted by Crippen LogP contribution is -2.12. The number of carbonyl (C=O) groups excluding carboxylic acids is 1. The van der Waals surface area contributed by atoms with Gasteiger partial charge in [-0.05, 0) is 12.5 Å². The highest BCUT2D eigenvalue weighted by atomic mass is 32.1. The molecule has 0 unspecified atom stereocenters. The molecule has 8 heteroatoms. The summed E-state index contributed by atoms with van der Waals surface area (Å²) < 4.78 is 0. The fourth-order valence-electron chi connectivity index (χ4n) is 1.70. The molecule has 0 radical (unpaired) electrons. The van der Waals surface area contributed by atoms with Gasteiger partial charge in [0.25, 0.3) is 11.6 Å². The third-order valence-corrected chi connectivity index (χ3v) is 3.35. The molecule has 0 aliphatic rings. The molecule has 0 atom stereocenters. The molecule has 1 amide bonds. The monoisotopic (exact) mass is 292 g/mol. The highest BCUT2D eigenvalue weighted by Crippen LogP contribution is 2.24. The number of aromatic nitrogens is 1. The number of nitrogen functional groups attached to an aromatic ring is 1. The molecule has 20 heavy (non-hydrogen) atoms. The average molecular weight is 292 g/mol. The van der Waals surface area contributed by atoms with E-state index in [1.54, 1.807) is 12.1 Å². The highest BCUT2D eigenvalue weighted by Gasteiger charge is 2.15. The molecule has 2 aromatic rings. The van der Waals surface area contributed by atoms with Crippen LogP contribution in [0.15, 0.2) is 23.6 Å². The van der Waals surface area contributed by atoms with Crippen molar-refractivity contribution >= 4 is 33.8 Å². The Labute approximate surface area is 118 Å². The van der Waals surface area contributed by atoms with Gasteiger partial charge in [0.1, 0.15) is 5.69 Å². The number of nitro groups is 1. The zero-order valence-corrected chi connectivity index (χ0v) is 11.4. The minimum absolute atomic E-state index is 0.0110. The van der Waals surface area contributed by atoms with Crippen molar-refractivity contribution in [2.24, 2.45) is 0 Å². The van der Waals surface area contributed by atoms with Gasteiger partial charge in [0, 0.05) is 22.7 Å². The summed E-state index contributed by atoms with van der Waals surface area (Å²) in [6.45, 7) is 1.83. The molecule has 104 valence electrons. The molecule has 2 rings (SSSR count). The number of nitrogens with two attached hydrogens (primary N) is 1. The van der Waals surface area contributed by atoms with Crippen molar-refractivity contribution in [1.82, 2.24) is 4.98 Å². The highest BCUT2D eigenvalue weighted by molar-refractivity contribution is 7.13. The van der Waals surface area contributed by atoms with Gasteiger partial charge in [-0.3, -0.25) is 14.9 Å². The van der Waals surface area contributed by atoms with Crippen LogP contribution in [0.3, 0.4) is 0 Å². The third-order valence-electron chi connectivity index (χ3n) is 2.68. The van der Waals surface area contributed by atoms with E-state index in [-0.39, 0.29) is 11.4 Å². The Morgan fingerprint density at radius 1 is 1.55 bits per heavy atom. The summed E-state index contributed by atoms with van der Waals surface area (Å²) in [5, 5.41) is 15.3. The summed E-state index contributed by atoms with van der Waals surface area (Å²) in [7, 11) is 0. The number of hydrogen-bond acceptors (Lipinski definition) is 6. The van der Waals surface area contributed by atoms with Crippen LogP contribution in [0.4, 0.5) is 16.5 Å². The lowest BCUT2D eigenvalue weighted by atomic mass is 10.1. The van der Waals surface area contributed by atoms with Crippen molar-refractivity contribution in [3.05, 3.63) is 45.0 Å². The van der Waals surface area contributed by atoms with Crippen molar-refractivity contribution in [3.8, 4) is 0 Å². The number of rotatable bonds is 4. The lowest BCUT2D eigenvalue weighted by molar-refractivity contribution is -0.385. The second-order valence-electron chi connectivity index (χ2n) is 3.98. The molecule has 0 saturated heterocycles. The summed E-state index contributed by atoms with van der Waals surface area (Å²) in [4.78, 5) is 26.2. The van der Waals surface area contributed by atoms with Gasteiger partial charge in [0.05, 0.1) is 4.92 Å². The maximum Gasteiger partial charge on any atom is 0.275 e. The number of amides is 1. The molecule has 0 saturated carbocycles. The standard InChI is InChI=1S/C12H12N4O3S/c1-2-7-3-4-8(5-10(7)16(18)19)14-11(17)9-6-20-12(13)15-9/h3-6H,2H2,1H3,(H2,13,15)(H,14,17). The van der Waals surface area contributed by atoms with Gasteiger partial charge < -0.3 is 11.1 Å². The molecule has 1 aromatic heterocycles. The summed E-state index contributed by atoms with van der Waals surface area (Å²) in [5.41, 5.74) is 6.60. The Morgan fingerprint density at radius 2 is 2.30 bits per heavy atom. The maximum absolute atomic E-state index is 11.9. The van der Waals surface area contributed by atoms with E-state index in [9.17, 15) is 14.9 Å². The van der Waals surface area contributed by atoms with Gasteiger partial charge in [-0.1, -0.05) is 13.0 Å². The van der Waals surface area contributed by atoms with Gasteiger partial charge in [-0.2, -0.15) is 0 Å². The van der Waals surface area contributed by atoms with Gasteiger partial charge in [0.2, 0.25) is 0 Å². The Morgan fingerprint density at radius 3 is 2.85 bits per heavy atom. The quantitative estimate of drug-likeness (QED) is 0.664. The summed E-state index contributed by atoms with van der Waals surface area (Å²) >= 11 is 1.16. The molecule has 0 aliphatic heterocycles. The van der Waals surface area contributed by atoms with Crippen LogP contribution in [0.2, 0.25) is 0 Å². The molecule has 0 fully saturated rings. The molecule has 7 nitrogen and oxygen atoms in total. The van der Waals surface area contributed by atoms with Crippen LogP contribution >= 0.6 is 11.3 Å². The van der Waals surface area contributed by atoms with E-state index < -0.39 is 10.8 Å². The normalized spacial score (nSPS) is 10.2. The fourth-order valence-corrected chi connectivity index (χ4v) is 2.24. The predicted octanol–water partition coefficient (Wildman–Crippen LogP) is 2.45. The smallest absolute Gasteiger partial charge is 0.275 e. The number of nitrogens with one attached hydrogen (secondary N) is 1. The molecule has 1 heterocycles. The zero-order chi connectivity index (χ0) is 14.7. The van der Waals surface area contributed by atoms with Crippen LogP contribution in [0.25, 0.3) is 0 Å². The van der Waals surface area contributed by atoms with E-state index >= 15 is 0 Å². The van der Waals surface area contributed by atoms with Gasteiger partial charge in [-0.15, -0.1) is 11.3 Å². The minimum atomic E-state index is -0.463. The topological polar surface area (TPSA) is 111 Å². The maximum atomic E-state index is 11.9. The minimum Gasteiger partial charge on any atom is -0.375 e. The number of nitro benzene ring substituents is 1. The van der Waals surface area contributed by atoms with Gasteiger partial charge in [-0.25, -0.2) is 4.98 Å². The Kier molecular flexibility index (Phi) is 3.94. The van der Waals surface area contributed by atoms with E-state index in [1.807, 2.05) is 6.92 Å². The third kappa shape index (κ3) is 2.91. The molecule has 3 N–H and O–H groups in total. The first-order valence-corrected chi connectivity index (χ1v) is 6.69. The van der Waals surface area contributed by atoms with E-state index in [0.29, 0.717) is 22.8 Å². The summed E-state index contributed by atoms with van der Waals surface area (Å²) in [6, 6.07) is 4.59. The van der Waals surface area contributed by atoms with Crippen molar-refractivity contribution < 1.29 is 9.72 Å². The van der Waals surface area contributed by atoms with Gasteiger partial charge >= 0.3 is 0 Å². The number of benzene rings is 1. The van der Waals surface area contributed by atoms with E-state index in [4.69, 9.17) is 5.73 Å². The van der Waals surface area contributed by atoms with Crippen LogP contribution in [-0.4, -0.2) is 15.8 Å². The van der Waals surface area contributed by atoms with Crippen molar-refractivity contribution in [2.75, 3.05) is 11.1 Å². The number of nitrogens with zero attached hydrogens (tertiary/aromatic N) is 2. The van der Waals surface area contributed by atoms with Crippen LogP contribution in [0, 0.1) is 10.1 Å². The lowest BCUT2D eigenvalue weighted by Gasteiger charge is -2.05. The molecule has 0 bridgehead atoms. The van der Waals surface area contributed by atoms with Gasteiger partial charge in [0.15, 0.2) is 5.13 Å². The Hall–Kier alpha value is -2.48. The van der Waals surface area contributed by atoms with Crippen molar-refractivity contribution in [1.29, 1.82) is 0 Å². The second kappa shape index (κ2) is 5.66. The number of thiazole rings is 1. The predicted molar refractivity (Wildman–Crippen MR) is 77.0 cm³/mol. The number of hydrogen-bond donors (Lipinski definition) is 2. The largest absolute Gasteiger partial charge is 0.375 e. The fraction of sp³-hybridized carbons (Fsp3) is 0.167. The number of anilines is 2. The first-order chi connectivity index (χ1) is 9.51. The molecule has 1 aromatic carbocycles. The first-order valence-electron chi connectivity index (χ1n) is 5.81. The first kappa shape index (κ1) is 13.9. The summed E-state index contributed by atoms with van der Waals surface area (Å²) in [6.07, 6.45) is 0.549. The van der Waals surface area contributed by atoms with E-state index in [1.165, 1.54) is 11.4 Å². The van der Waals surface area contributed by atoms with Crippen molar-refractivity contribution in [3.63, 3.8) is 0 Å². The SMILES string of the molecule is CCc1ccc(NC(=O)c2csc(N)n2)cc1[N+](=O)[O-]. The average Bonchev–Trinajstić information content (AvgIpc) is 2.85. The van der Waals surface area contributed by atoms with Crippen LogP contribution < -0.4 is 11.1 Å².